The quantitative estimate of drug-likeness (QED) is 0.645. The number of carbonyl (C=O) groups excluding carboxylic acids is 1. The van der Waals surface area contributed by atoms with Crippen molar-refractivity contribution in [2.75, 3.05) is 31.1 Å². The molecule has 1 aliphatic heterocycles. The number of piperazine rings is 1. The molecule has 0 bridgehead atoms. The van der Waals surface area contributed by atoms with E-state index in [0.29, 0.717) is 37.3 Å². The number of carbonyl (C=O) groups is 1. The van der Waals surface area contributed by atoms with E-state index < -0.39 is 0 Å². The van der Waals surface area contributed by atoms with Crippen molar-refractivity contribution >= 4 is 22.6 Å². The Balaban J connectivity index is 1.47. The molecule has 0 saturated carbocycles. The van der Waals surface area contributed by atoms with Crippen molar-refractivity contribution < 1.29 is 4.79 Å². The standard InChI is InChI=1S/C17H19N7O2/c1-21-15-4-3-12(9-14(15)19-20-21)17(26)24-7-5-23(6-8-24)13-10-16(25)22(2)18-11-13/h3-4,9-11H,5-8H2,1-2H3. The molecule has 1 aromatic carbocycles. The van der Waals surface area contributed by atoms with Gasteiger partial charge in [-0.15, -0.1) is 5.10 Å². The lowest BCUT2D eigenvalue weighted by Gasteiger charge is -2.35. The third kappa shape index (κ3) is 2.81. The van der Waals surface area contributed by atoms with Gasteiger partial charge >= 0.3 is 0 Å². The Bertz CT molecular complexity index is 1030. The Hall–Kier alpha value is -3.23. The van der Waals surface area contributed by atoms with Crippen molar-refractivity contribution in [2.45, 2.75) is 0 Å². The normalized spacial score (nSPS) is 14.8. The van der Waals surface area contributed by atoms with E-state index in [9.17, 15) is 9.59 Å². The Morgan fingerprint density at radius 3 is 2.54 bits per heavy atom. The first-order valence-corrected chi connectivity index (χ1v) is 8.40. The first-order valence-electron chi connectivity index (χ1n) is 8.40. The molecule has 2 aromatic heterocycles. The van der Waals surface area contributed by atoms with Gasteiger partial charge in [0.15, 0.2) is 0 Å². The van der Waals surface area contributed by atoms with Gasteiger partial charge in [0, 0.05) is 51.9 Å². The molecule has 0 atom stereocenters. The molecule has 0 aliphatic carbocycles. The van der Waals surface area contributed by atoms with Crippen molar-refractivity contribution in [1.29, 1.82) is 0 Å². The second-order valence-electron chi connectivity index (χ2n) is 6.37. The summed E-state index contributed by atoms with van der Waals surface area (Å²) in [4.78, 5) is 28.4. The summed E-state index contributed by atoms with van der Waals surface area (Å²) in [7, 11) is 3.44. The second kappa shape index (κ2) is 6.25. The SMILES string of the molecule is Cn1ncc(N2CCN(C(=O)c3ccc4c(c3)nnn4C)CC2)cc1=O. The van der Waals surface area contributed by atoms with Crippen LogP contribution in [0.5, 0.6) is 0 Å². The summed E-state index contributed by atoms with van der Waals surface area (Å²) in [6.45, 7) is 2.50. The van der Waals surface area contributed by atoms with Crippen molar-refractivity contribution in [3.8, 4) is 0 Å². The molecule has 9 heteroatoms. The minimum atomic E-state index is -0.140. The summed E-state index contributed by atoms with van der Waals surface area (Å²) in [5.74, 6) is -0.0145. The van der Waals surface area contributed by atoms with Crippen molar-refractivity contribution in [3.05, 3.63) is 46.4 Å². The fourth-order valence-corrected chi connectivity index (χ4v) is 3.16. The minimum Gasteiger partial charge on any atom is -0.367 e. The molecule has 1 saturated heterocycles. The topological polar surface area (TPSA) is 89.2 Å². The number of amides is 1. The maximum Gasteiger partial charge on any atom is 0.268 e. The number of aryl methyl sites for hydroxylation is 2. The van der Waals surface area contributed by atoms with Crippen molar-refractivity contribution in [1.82, 2.24) is 29.7 Å². The average molecular weight is 353 g/mol. The number of fused-ring (bicyclic) bond motifs is 1. The summed E-state index contributed by atoms with van der Waals surface area (Å²) in [5.41, 5.74) is 2.87. The van der Waals surface area contributed by atoms with Crippen LogP contribution in [0, 0.1) is 0 Å². The predicted octanol–water partition coefficient (Wildman–Crippen LogP) is 0.0244. The number of benzene rings is 1. The Morgan fingerprint density at radius 2 is 1.81 bits per heavy atom. The number of aromatic nitrogens is 5. The van der Waals surface area contributed by atoms with Gasteiger partial charge in [0.2, 0.25) is 0 Å². The molecule has 134 valence electrons. The Morgan fingerprint density at radius 1 is 1.04 bits per heavy atom. The van der Waals surface area contributed by atoms with Crippen molar-refractivity contribution in [3.63, 3.8) is 0 Å². The lowest BCUT2D eigenvalue weighted by Crippen LogP contribution is -2.49. The van der Waals surface area contributed by atoms with Gasteiger partial charge in [0.25, 0.3) is 11.5 Å². The van der Waals surface area contributed by atoms with Crippen LogP contribution in [-0.2, 0) is 14.1 Å². The van der Waals surface area contributed by atoms with E-state index in [4.69, 9.17) is 0 Å². The van der Waals surface area contributed by atoms with E-state index in [-0.39, 0.29) is 11.5 Å². The zero-order chi connectivity index (χ0) is 18.3. The zero-order valence-electron chi connectivity index (χ0n) is 14.7. The third-order valence-electron chi connectivity index (χ3n) is 4.74. The maximum atomic E-state index is 12.8. The van der Waals surface area contributed by atoms with E-state index in [0.717, 1.165) is 11.2 Å². The smallest absolute Gasteiger partial charge is 0.268 e. The van der Waals surface area contributed by atoms with Crippen LogP contribution in [-0.4, -0.2) is 61.8 Å². The van der Waals surface area contributed by atoms with Crippen LogP contribution in [0.1, 0.15) is 10.4 Å². The van der Waals surface area contributed by atoms with Gasteiger partial charge in [-0.05, 0) is 18.2 Å². The Labute approximate surface area is 149 Å². The van der Waals surface area contributed by atoms with Gasteiger partial charge in [0.05, 0.1) is 17.4 Å². The van der Waals surface area contributed by atoms with Crippen LogP contribution in [0.15, 0.2) is 35.3 Å². The summed E-state index contributed by atoms with van der Waals surface area (Å²) in [5, 5.41) is 12.1. The second-order valence-corrected chi connectivity index (χ2v) is 6.37. The molecule has 9 nitrogen and oxygen atoms in total. The van der Waals surface area contributed by atoms with Crippen LogP contribution >= 0.6 is 0 Å². The van der Waals surface area contributed by atoms with E-state index >= 15 is 0 Å². The highest BCUT2D eigenvalue weighted by molar-refractivity contribution is 5.97. The molecule has 0 radical (unpaired) electrons. The number of nitrogens with zero attached hydrogens (tertiary/aromatic N) is 7. The van der Waals surface area contributed by atoms with Crippen LogP contribution in [0.4, 0.5) is 5.69 Å². The molecule has 1 amide bonds. The summed E-state index contributed by atoms with van der Waals surface area (Å²) in [6, 6.07) is 7.03. The van der Waals surface area contributed by atoms with Gasteiger partial charge in [0.1, 0.15) is 5.52 Å². The fourth-order valence-electron chi connectivity index (χ4n) is 3.16. The first-order chi connectivity index (χ1) is 12.5. The van der Waals surface area contributed by atoms with Gasteiger partial charge in [-0.2, -0.15) is 5.10 Å². The van der Waals surface area contributed by atoms with E-state index in [1.165, 1.54) is 4.68 Å². The molecule has 3 aromatic rings. The third-order valence-corrected chi connectivity index (χ3v) is 4.74. The highest BCUT2D eigenvalue weighted by atomic mass is 16.2. The first kappa shape index (κ1) is 16.2. The van der Waals surface area contributed by atoms with Crippen molar-refractivity contribution in [2.24, 2.45) is 14.1 Å². The van der Waals surface area contributed by atoms with Gasteiger partial charge < -0.3 is 9.80 Å². The molecular weight excluding hydrogens is 334 g/mol. The lowest BCUT2D eigenvalue weighted by atomic mass is 10.1. The van der Waals surface area contributed by atoms with E-state index in [1.807, 2.05) is 24.1 Å². The minimum absolute atomic E-state index is 0.0145. The predicted molar refractivity (Wildman–Crippen MR) is 96.1 cm³/mol. The molecule has 1 aliphatic rings. The monoisotopic (exact) mass is 353 g/mol. The summed E-state index contributed by atoms with van der Waals surface area (Å²) < 4.78 is 2.98. The van der Waals surface area contributed by atoms with Crippen LogP contribution in [0.25, 0.3) is 11.0 Å². The maximum absolute atomic E-state index is 12.8. The number of anilines is 1. The highest BCUT2D eigenvalue weighted by Crippen LogP contribution is 2.17. The van der Waals surface area contributed by atoms with Gasteiger partial charge in [-0.1, -0.05) is 5.21 Å². The van der Waals surface area contributed by atoms with Crippen LogP contribution in [0.3, 0.4) is 0 Å². The van der Waals surface area contributed by atoms with E-state index in [2.05, 4.69) is 20.3 Å². The number of rotatable bonds is 2. The Kier molecular flexibility index (Phi) is 3.90. The molecule has 26 heavy (non-hydrogen) atoms. The fraction of sp³-hybridized carbons (Fsp3) is 0.353. The lowest BCUT2D eigenvalue weighted by molar-refractivity contribution is 0.0747. The number of hydrogen-bond donors (Lipinski definition) is 0. The molecule has 4 rings (SSSR count). The molecule has 3 heterocycles. The van der Waals surface area contributed by atoms with Gasteiger partial charge in [-0.25, -0.2) is 9.36 Å². The molecule has 0 spiro atoms. The average Bonchev–Trinajstić information content (AvgIpc) is 3.04. The van der Waals surface area contributed by atoms with Crippen LogP contribution < -0.4 is 10.5 Å². The zero-order valence-corrected chi connectivity index (χ0v) is 14.7. The molecule has 1 fully saturated rings. The molecular formula is C17H19N7O2. The molecule has 0 unspecified atom stereocenters. The largest absolute Gasteiger partial charge is 0.367 e. The van der Waals surface area contributed by atoms with Gasteiger partial charge in [-0.3, -0.25) is 9.59 Å². The van der Waals surface area contributed by atoms with Crippen LogP contribution in [0.2, 0.25) is 0 Å². The number of hydrogen-bond acceptors (Lipinski definition) is 6. The summed E-state index contributed by atoms with van der Waals surface area (Å²) in [6.07, 6.45) is 1.68. The highest BCUT2D eigenvalue weighted by Gasteiger charge is 2.23. The molecule has 0 N–H and O–H groups in total. The summed E-state index contributed by atoms with van der Waals surface area (Å²) >= 11 is 0. The van der Waals surface area contributed by atoms with E-state index in [1.54, 1.807) is 30.1 Å².